The molecule has 0 saturated carbocycles. The molecule has 0 bridgehead atoms. The van der Waals surface area contributed by atoms with Crippen molar-refractivity contribution in [3.8, 4) is 22.3 Å². The second-order valence-corrected chi connectivity index (χ2v) is 13.8. The van der Waals surface area contributed by atoms with Gasteiger partial charge >= 0.3 is 12.1 Å². The van der Waals surface area contributed by atoms with E-state index >= 15 is 0 Å². The first-order valence-corrected chi connectivity index (χ1v) is 17.2. The first-order chi connectivity index (χ1) is 24.2. The number of aromatic nitrogens is 1. The quantitative estimate of drug-likeness (QED) is 0.209. The summed E-state index contributed by atoms with van der Waals surface area (Å²) in [4.78, 5) is 44.4. The summed E-state index contributed by atoms with van der Waals surface area (Å²) in [7, 11) is 1.82. The fourth-order valence-electron chi connectivity index (χ4n) is 8.16. The van der Waals surface area contributed by atoms with Crippen LogP contribution in [0.1, 0.15) is 72.6 Å². The molecule has 8 heteroatoms. The van der Waals surface area contributed by atoms with Crippen molar-refractivity contribution in [1.29, 1.82) is 0 Å². The third kappa shape index (κ3) is 5.26. The van der Waals surface area contributed by atoms with Crippen LogP contribution in [-0.2, 0) is 37.7 Å². The minimum atomic E-state index is -1.03. The lowest BCUT2D eigenvalue weighted by Crippen LogP contribution is -2.43. The number of carbonyl (C=O) groups excluding carboxylic acids is 2. The Morgan fingerprint density at radius 1 is 0.800 bits per heavy atom. The molecule has 2 aliphatic heterocycles. The van der Waals surface area contributed by atoms with Crippen molar-refractivity contribution in [2.45, 2.75) is 51.7 Å². The van der Waals surface area contributed by atoms with Gasteiger partial charge in [-0.15, -0.1) is 0 Å². The number of carboxylic acids is 1. The predicted octanol–water partition coefficient (Wildman–Crippen LogP) is 7.59. The Morgan fingerprint density at radius 2 is 1.46 bits per heavy atom. The summed E-state index contributed by atoms with van der Waals surface area (Å²) in [5.74, 6) is -1.22. The average molecular weight is 666 g/mol. The van der Waals surface area contributed by atoms with E-state index in [0.29, 0.717) is 48.4 Å². The third-order valence-corrected chi connectivity index (χ3v) is 10.9. The zero-order valence-electron chi connectivity index (χ0n) is 28.5. The van der Waals surface area contributed by atoms with Gasteiger partial charge in [0.2, 0.25) is 0 Å². The average Bonchev–Trinajstić information content (AvgIpc) is 3.61. The predicted molar refractivity (Wildman–Crippen MR) is 191 cm³/mol. The fourth-order valence-corrected chi connectivity index (χ4v) is 8.16. The summed E-state index contributed by atoms with van der Waals surface area (Å²) in [5.41, 5.74) is 11.3. The van der Waals surface area contributed by atoms with Crippen LogP contribution in [0.4, 0.5) is 4.79 Å². The van der Waals surface area contributed by atoms with Gasteiger partial charge in [0.1, 0.15) is 6.61 Å². The number of hydrogen-bond acceptors (Lipinski definition) is 4. The van der Waals surface area contributed by atoms with Crippen LogP contribution in [0.5, 0.6) is 0 Å². The van der Waals surface area contributed by atoms with Crippen molar-refractivity contribution < 1.29 is 24.2 Å². The molecule has 8 nitrogen and oxygen atoms in total. The summed E-state index contributed by atoms with van der Waals surface area (Å²) in [6.45, 7) is 5.29. The fraction of sp³-hybridized carbons (Fsp3) is 0.262. The second-order valence-electron chi connectivity index (χ2n) is 13.8. The van der Waals surface area contributed by atoms with Gasteiger partial charge in [0.25, 0.3) is 5.91 Å². The molecule has 3 heterocycles. The van der Waals surface area contributed by atoms with Gasteiger partial charge in [-0.05, 0) is 88.9 Å². The van der Waals surface area contributed by atoms with Crippen molar-refractivity contribution in [2.24, 2.45) is 7.05 Å². The molecule has 1 aliphatic carbocycles. The Kier molecular flexibility index (Phi) is 7.82. The summed E-state index contributed by atoms with van der Waals surface area (Å²) < 4.78 is 7.81. The molecular weight excluding hydrogens is 626 g/mol. The maximum absolute atomic E-state index is 14.6. The Labute approximate surface area is 291 Å². The highest BCUT2D eigenvalue weighted by Gasteiger charge is 2.34. The number of fused-ring (bicyclic) bond motifs is 5. The molecule has 1 N–H and O–H groups in total. The van der Waals surface area contributed by atoms with Crippen LogP contribution in [0.15, 0.2) is 91.1 Å². The van der Waals surface area contributed by atoms with Crippen molar-refractivity contribution in [3.63, 3.8) is 0 Å². The first kappa shape index (κ1) is 31.6. The van der Waals surface area contributed by atoms with E-state index in [2.05, 4.69) is 43.3 Å². The Balaban J connectivity index is 1.11. The van der Waals surface area contributed by atoms with Gasteiger partial charge < -0.3 is 24.2 Å². The molecule has 5 aromatic rings. The van der Waals surface area contributed by atoms with E-state index < -0.39 is 5.97 Å². The molecule has 0 spiro atoms. The minimum Gasteiger partial charge on any atom is -0.478 e. The molecule has 3 aliphatic rings. The Morgan fingerprint density at radius 3 is 2.16 bits per heavy atom. The molecule has 0 saturated heterocycles. The molecule has 1 aromatic heterocycles. The lowest BCUT2D eigenvalue weighted by Gasteiger charge is -2.36. The normalized spacial score (nSPS) is 16.3. The van der Waals surface area contributed by atoms with E-state index in [1.54, 1.807) is 22.6 Å². The third-order valence-electron chi connectivity index (χ3n) is 10.9. The molecule has 0 unspecified atom stereocenters. The lowest BCUT2D eigenvalue weighted by molar-refractivity contribution is 0.0655. The van der Waals surface area contributed by atoms with Crippen LogP contribution in [0.2, 0.25) is 0 Å². The summed E-state index contributed by atoms with van der Waals surface area (Å²) >= 11 is 0. The number of hydrogen-bond donors (Lipinski definition) is 1. The highest BCUT2D eigenvalue weighted by molar-refractivity contribution is 6.06. The van der Waals surface area contributed by atoms with Crippen LogP contribution in [0.3, 0.4) is 0 Å². The number of carbonyl (C=O) groups is 3. The highest BCUT2D eigenvalue weighted by atomic mass is 16.6. The molecule has 2 amide bonds. The zero-order chi connectivity index (χ0) is 34.7. The van der Waals surface area contributed by atoms with E-state index in [1.165, 1.54) is 16.7 Å². The first-order valence-electron chi connectivity index (χ1n) is 17.2. The molecule has 0 radical (unpaired) electrons. The summed E-state index contributed by atoms with van der Waals surface area (Å²) in [6, 6.07) is 28.6. The monoisotopic (exact) mass is 665 g/mol. The molecule has 0 fully saturated rings. The maximum Gasteiger partial charge on any atom is 0.410 e. The molecule has 50 heavy (non-hydrogen) atoms. The van der Waals surface area contributed by atoms with Crippen molar-refractivity contribution in [2.75, 3.05) is 13.2 Å². The van der Waals surface area contributed by atoms with Gasteiger partial charge in [-0.25, -0.2) is 9.59 Å². The largest absolute Gasteiger partial charge is 0.478 e. The number of rotatable bonds is 5. The van der Waals surface area contributed by atoms with Gasteiger partial charge in [-0.3, -0.25) is 4.79 Å². The van der Waals surface area contributed by atoms with Gasteiger partial charge in [-0.2, -0.15) is 0 Å². The van der Waals surface area contributed by atoms with Crippen molar-refractivity contribution in [3.05, 3.63) is 141 Å². The second kappa shape index (κ2) is 12.4. The van der Waals surface area contributed by atoms with Crippen LogP contribution in [-0.4, -0.2) is 56.6 Å². The number of amides is 2. The molecule has 4 aromatic carbocycles. The standard InChI is InChI=1S/C42H39N3O5/c1-25-18-27-10-4-5-11-29(27)22-45(25)40(46)36-20-30-21-44(17-16-28(30)19-35(36)37-23-43(3)26(2)39(37)41(47)48)42(49)50-24-38-33-14-8-6-12-31(33)32-13-7-9-15-34(32)38/h4-15,19-20,23,25,38H,16-18,21-22,24H2,1-3H3,(H,47,48)/t25-/m1/s1. The lowest BCUT2D eigenvalue weighted by atomic mass is 9.88. The smallest absolute Gasteiger partial charge is 0.410 e. The van der Waals surface area contributed by atoms with E-state index in [9.17, 15) is 19.5 Å². The maximum atomic E-state index is 14.6. The van der Waals surface area contributed by atoms with Gasteiger partial charge in [0.05, 0.1) is 5.56 Å². The van der Waals surface area contributed by atoms with E-state index in [-0.39, 0.29) is 36.1 Å². The zero-order valence-corrected chi connectivity index (χ0v) is 28.5. The molecule has 252 valence electrons. The van der Waals surface area contributed by atoms with Crippen LogP contribution in [0, 0.1) is 6.92 Å². The highest BCUT2D eigenvalue weighted by Crippen LogP contribution is 2.45. The van der Waals surface area contributed by atoms with Crippen LogP contribution >= 0.6 is 0 Å². The van der Waals surface area contributed by atoms with Crippen LogP contribution in [0.25, 0.3) is 22.3 Å². The minimum absolute atomic E-state index is 0.0374. The van der Waals surface area contributed by atoms with Gasteiger partial charge in [0.15, 0.2) is 0 Å². The summed E-state index contributed by atoms with van der Waals surface area (Å²) in [6.07, 6.45) is 2.71. The van der Waals surface area contributed by atoms with Gasteiger partial charge in [0, 0.05) is 61.7 Å². The Hall–Kier alpha value is -5.63. The topological polar surface area (TPSA) is 92.1 Å². The van der Waals surface area contributed by atoms with Crippen molar-refractivity contribution in [1.82, 2.24) is 14.4 Å². The van der Waals surface area contributed by atoms with E-state index in [1.807, 2.05) is 60.5 Å². The van der Waals surface area contributed by atoms with Gasteiger partial charge in [-0.1, -0.05) is 72.8 Å². The molecule has 8 rings (SSSR count). The van der Waals surface area contributed by atoms with E-state index in [4.69, 9.17) is 4.74 Å². The van der Waals surface area contributed by atoms with Crippen molar-refractivity contribution >= 4 is 18.0 Å². The number of benzene rings is 4. The summed E-state index contributed by atoms with van der Waals surface area (Å²) in [5, 5.41) is 10.3. The number of nitrogens with zero attached hydrogens (tertiary/aromatic N) is 3. The molecular formula is C42H39N3O5. The van der Waals surface area contributed by atoms with E-state index in [0.717, 1.165) is 34.2 Å². The molecule has 1 atom stereocenters. The SMILES string of the molecule is Cc1c(C(=O)O)c(-c2cc3c(cc2C(=O)N2Cc4ccccc4C[C@H]2C)CN(C(=O)OCC2c4ccccc4-c4ccccc42)CC3)cn1C. The number of ether oxygens (including phenoxy) is 1. The Bertz CT molecular complexity index is 2150. The number of carboxylic acid groups (broad SMARTS) is 1. The number of aromatic carboxylic acids is 1. The number of aryl methyl sites for hydroxylation is 1. The van der Waals surface area contributed by atoms with Crippen LogP contribution < -0.4 is 0 Å².